The van der Waals surface area contributed by atoms with Gasteiger partial charge in [-0.3, -0.25) is 9.59 Å². The summed E-state index contributed by atoms with van der Waals surface area (Å²) in [6.07, 6.45) is 21.8. The standard InChI is InChI=1S/C37H61NO6/c1-4-5-23-30-43-37(41)34(28-29-36(40)44-31-33-25-20-18-21-26-33)38-32(2)24-19-16-14-12-10-8-6-7-9-11-13-15-17-22-27-35(39)42-3/h18,20-21,25-26,34,38H,2,4-17,19,22-24,27-31H2,1,3H3. The van der Waals surface area contributed by atoms with E-state index in [4.69, 9.17) is 9.47 Å². The van der Waals surface area contributed by atoms with Crippen LogP contribution in [-0.4, -0.2) is 37.7 Å². The molecule has 1 unspecified atom stereocenters. The van der Waals surface area contributed by atoms with E-state index in [1.54, 1.807) is 0 Å². The molecule has 0 aliphatic rings. The fourth-order valence-electron chi connectivity index (χ4n) is 5.10. The number of carbonyl (C=O) groups excluding carboxylic acids is 3. The first-order chi connectivity index (χ1) is 21.5. The van der Waals surface area contributed by atoms with Crippen molar-refractivity contribution >= 4 is 17.9 Å². The summed E-state index contributed by atoms with van der Waals surface area (Å²) in [4.78, 5) is 36.2. The van der Waals surface area contributed by atoms with Gasteiger partial charge in [0, 0.05) is 18.5 Å². The largest absolute Gasteiger partial charge is 0.469 e. The van der Waals surface area contributed by atoms with Crippen molar-refractivity contribution in [2.75, 3.05) is 13.7 Å². The third-order valence-corrected chi connectivity index (χ3v) is 7.87. The molecule has 1 rings (SSSR count). The first-order valence-electron chi connectivity index (χ1n) is 17.3. The van der Waals surface area contributed by atoms with E-state index >= 15 is 0 Å². The van der Waals surface area contributed by atoms with E-state index < -0.39 is 6.04 Å². The fraction of sp³-hybridized carbons (Fsp3) is 0.703. The number of nitrogens with one attached hydrogen (secondary N) is 1. The summed E-state index contributed by atoms with van der Waals surface area (Å²) >= 11 is 0. The summed E-state index contributed by atoms with van der Waals surface area (Å²) in [6, 6.07) is 8.98. The van der Waals surface area contributed by atoms with Crippen LogP contribution in [0, 0.1) is 0 Å². The predicted octanol–water partition coefficient (Wildman–Crippen LogP) is 9.13. The van der Waals surface area contributed by atoms with E-state index in [2.05, 4.69) is 23.6 Å². The summed E-state index contributed by atoms with van der Waals surface area (Å²) < 4.78 is 15.6. The molecule has 0 fully saturated rings. The van der Waals surface area contributed by atoms with Crippen molar-refractivity contribution in [1.82, 2.24) is 5.32 Å². The summed E-state index contributed by atoms with van der Waals surface area (Å²) in [5, 5.41) is 3.25. The molecule has 0 spiro atoms. The van der Waals surface area contributed by atoms with Crippen molar-refractivity contribution in [2.24, 2.45) is 0 Å². The smallest absolute Gasteiger partial charge is 0.328 e. The third kappa shape index (κ3) is 22.7. The Morgan fingerprint density at radius 2 is 1.23 bits per heavy atom. The number of unbranched alkanes of at least 4 members (excludes halogenated alkanes) is 15. The maximum Gasteiger partial charge on any atom is 0.328 e. The Hall–Kier alpha value is -2.83. The van der Waals surface area contributed by atoms with E-state index in [0.29, 0.717) is 19.4 Å². The number of rotatable bonds is 29. The van der Waals surface area contributed by atoms with Gasteiger partial charge in [-0.05, 0) is 37.7 Å². The van der Waals surface area contributed by atoms with Crippen molar-refractivity contribution in [2.45, 2.75) is 154 Å². The highest BCUT2D eigenvalue weighted by molar-refractivity contribution is 5.77. The zero-order valence-electron chi connectivity index (χ0n) is 27.9. The van der Waals surface area contributed by atoms with Gasteiger partial charge in [0.25, 0.3) is 0 Å². The molecule has 0 aliphatic heterocycles. The van der Waals surface area contributed by atoms with E-state index in [-0.39, 0.29) is 30.9 Å². The van der Waals surface area contributed by atoms with Gasteiger partial charge in [0.05, 0.1) is 13.7 Å². The number of carbonyl (C=O) groups is 3. The normalized spacial score (nSPS) is 11.5. The molecule has 0 saturated heterocycles. The Bertz CT molecular complexity index is 887. The van der Waals surface area contributed by atoms with Gasteiger partial charge in [-0.25, -0.2) is 4.79 Å². The Morgan fingerprint density at radius 1 is 0.682 bits per heavy atom. The zero-order valence-corrected chi connectivity index (χ0v) is 27.9. The summed E-state index contributed by atoms with van der Waals surface area (Å²) in [5.74, 6) is -0.747. The Balaban J connectivity index is 2.15. The maximum absolute atomic E-state index is 12.8. The first kappa shape index (κ1) is 39.2. The number of hydrogen-bond donors (Lipinski definition) is 1. The molecule has 0 aliphatic carbocycles. The van der Waals surface area contributed by atoms with Crippen LogP contribution in [0.4, 0.5) is 0 Å². The topological polar surface area (TPSA) is 90.9 Å². The van der Waals surface area contributed by atoms with Crippen LogP contribution in [0.25, 0.3) is 0 Å². The molecular weight excluding hydrogens is 554 g/mol. The van der Waals surface area contributed by atoms with Gasteiger partial charge in [-0.2, -0.15) is 0 Å². The molecule has 1 atom stereocenters. The second kappa shape index (κ2) is 27.7. The van der Waals surface area contributed by atoms with Crippen LogP contribution in [0.1, 0.15) is 147 Å². The molecule has 0 heterocycles. The number of methoxy groups -OCH3 is 1. The number of allylic oxidation sites excluding steroid dienone is 1. The average Bonchev–Trinajstić information content (AvgIpc) is 3.03. The van der Waals surface area contributed by atoms with Gasteiger partial charge in [0.1, 0.15) is 12.6 Å². The fourth-order valence-corrected chi connectivity index (χ4v) is 5.10. The number of benzene rings is 1. The lowest BCUT2D eigenvalue weighted by Gasteiger charge is -2.20. The first-order valence-corrected chi connectivity index (χ1v) is 17.3. The summed E-state index contributed by atoms with van der Waals surface area (Å²) in [5.41, 5.74) is 1.76. The molecule has 7 nitrogen and oxygen atoms in total. The van der Waals surface area contributed by atoms with Gasteiger partial charge in [0.2, 0.25) is 0 Å². The molecule has 7 heteroatoms. The summed E-state index contributed by atoms with van der Waals surface area (Å²) in [6.45, 7) is 6.89. The van der Waals surface area contributed by atoms with Crippen LogP contribution in [0.2, 0.25) is 0 Å². The molecular formula is C37H61NO6. The zero-order chi connectivity index (χ0) is 32.1. The van der Waals surface area contributed by atoms with Gasteiger partial charge >= 0.3 is 17.9 Å². The van der Waals surface area contributed by atoms with Crippen LogP contribution < -0.4 is 5.32 Å². The molecule has 44 heavy (non-hydrogen) atoms. The van der Waals surface area contributed by atoms with Gasteiger partial charge < -0.3 is 19.5 Å². The van der Waals surface area contributed by atoms with Crippen molar-refractivity contribution in [3.05, 3.63) is 48.2 Å². The Kier molecular flexibility index (Phi) is 24.7. The Labute approximate surface area is 267 Å². The van der Waals surface area contributed by atoms with Gasteiger partial charge in [-0.15, -0.1) is 0 Å². The minimum Gasteiger partial charge on any atom is -0.469 e. The quantitative estimate of drug-likeness (QED) is 0.0546. The SMILES string of the molecule is C=C(CCCCCCCCCCCCCCCCC(=O)OC)NC(CCC(=O)OCc1ccccc1)C(=O)OCCCCC. The number of esters is 3. The molecule has 0 amide bonds. The molecule has 250 valence electrons. The highest BCUT2D eigenvalue weighted by atomic mass is 16.5. The lowest BCUT2D eigenvalue weighted by molar-refractivity contribution is -0.148. The lowest BCUT2D eigenvalue weighted by Crippen LogP contribution is -2.38. The molecule has 1 N–H and O–H groups in total. The van der Waals surface area contributed by atoms with Gasteiger partial charge in [0.15, 0.2) is 0 Å². The van der Waals surface area contributed by atoms with Crippen molar-refractivity contribution in [3.8, 4) is 0 Å². The van der Waals surface area contributed by atoms with Crippen LogP contribution >= 0.6 is 0 Å². The van der Waals surface area contributed by atoms with E-state index in [1.165, 1.54) is 71.3 Å². The van der Waals surface area contributed by atoms with Crippen molar-refractivity contribution < 1.29 is 28.6 Å². The maximum atomic E-state index is 12.8. The average molecular weight is 616 g/mol. The predicted molar refractivity (Wildman–Crippen MR) is 178 cm³/mol. The van der Waals surface area contributed by atoms with E-state index in [0.717, 1.165) is 62.6 Å². The summed E-state index contributed by atoms with van der Waals surface area (Å²) in [7, 11) is 1.45. The van der Waals surface area contributed by atoms with E-state index in [1.807, 2.05) is 30.3 Å². The van der Waals surface area contributed by atoms with Crippen LogP contribution in [0.3, 0.4) is 0 Å². The highest BCUT2D eigenvalue weighted by Gasteiger charge is 2.22. The second-order valence-corrected chi connectivity index (χ2v) is 11.9. The van der Waals surface area contributed by atoms with E-state index in [9.17, 15) is 14.4 Å². The molecule has 0 bridgehead atoms. The number of ether oxygens (including phenoxy) is 3. The van der Waals surface area contributed by atoms with Gasteiger partial charge in [-0.1, -0.05) is 134 Å². The monoisotopic (exact) mass is 615 g/mol. The highest BCUT2D eigenvalue weighted by Crippen LogP contribution is 2.15. The lowest BCUT2D eigenvalue weighted by atomic mass is 10.0. The van der Waals surface area contributed by atoms with Crippen molar-refractivity contribution in [3.63, 3.8) is 0 Å². The second-order valence-electron chi connectivity index (χ2n) is 11.9. The van der Waals surface area contributed by atoms with Crippen LogP contribution in [0.15, 0.2) is 42.6 Å². The molecule has 0 saturated carbocycles. The van der Waals surface area contributed by atoms with Crippen LogP contribution in [0.5, 0.6) is 0 Å². The molecule has 1 aromatic rings. The minimum absolute atomic E-state index is 0.0970. The minimum atomic E-state index is -0.597. The molecule has 0 radical (unpaired) electrons. The van der Waals surface area contributed by atoms with Crippen LogP contribution in [-0.2, 0) is 35.2 Å². The third-order valence-electron chi connectivity index (χ3n) is 7.87. The van der Waals surface area contributed by atoms with Crippen molar-refractivity contribution in [1.29, 1.82) is 0 Å². The Morgan fingerprint density at radius 3 is 1.77 bits per heavy atom. The molecule has 0 aromatic heterocycles. The number of hydrogen-bond acceptors (Lipinski definition) is 7. The molecule has 1 aromatic carbocycles.